The molecule has 1 aromatic heterocycles. The van der Waals surface area contributed by atoms with Gasteiger partial charge in [0.1, 0.15) is 0 Å². The van der Waals surface area contributed by atoms with Crippen LogP contribution in [-0.4, -0.2) is 10.5 Å². The molecule has 23 heavy (non-hydrogen) atoms. The van der Waals surface area contributed by atoms with Gasteiger partial charge >= 0.3 is 0 Å². The molecule has 3 aromatic rings. The first-order valence-corrected chi connectivity index (χ1v) is 8.16. The minimum Gasteiger partial charge on any atom is -0.351 e. The van der Waals surface area contributed by atoms with E-state index < -0.39 is 0 Å². The number of amides is 1. The summed E-state index contributed by atoms with van der Waals surface area (Å²) in [5.41, 5.74) is 5.40. The molecule has 116 valence electrons. The Kier molecular flexibility index (Phi) is 3.22. The van der Waals surface area contributed by atoms with Crippen LogP contribution < -0.4 is 4.90 Å². The van der Waals surface area contributed by atoms with E-state index in [9.17, 15) is 4.79 Å². The average Bonchev–Trinajstić information content (AvgIpc) is 3.09. The maximum atomic E-state index is 12.8. The van der Waals surface area contributed by atoms with Gasteiger partial charge in [0.05, 0.1) is 6.54 Å². The second-order valence-corrected chi connectivity index (χ2v) is 6.30. The van der Waals surface area contributed by atoms with Crippen LogP contribution in [-0.2, 0) is 20.0 Å². The predicted molar refractivity (Wildman–Crippen MR) is 93.9 cm³/mol. The summed E-state index contributed by atoms with van der Waals surface area (Å²) < 4.78 is 2.09. The summed E-state index contributed by atoms with van der Waals surface area (Å²) in [4.78, 5) is 14.7. The molecule has 0 atom stereocenters. The molecule has 0 N–H and O–H groups in total. The SMILES string of the molecule is CCCc1ccc2c(c1)C(=O)N(c1ccc3c(ccn3C)c1)C2. The van der Waals surface area contributed by atoms with E-state index in [0.29, 0.717) is 6.54 Å². The van der Waals surface area contributed by atoms with Crippen LogP contribution in [0, 0.1) is 0 Å². The highest BCUT2D eigenvalue weighted by Gasteiger charge is 2.28. The van der Waals surface area contributed by atoms with Crippen molar-refractivity contribution in [2.75, 3.05) is 4.90 Å². The van der Waals surface area contributed by atoms with Gasteiger partial charge in [0.15, 0.2) is 0 Å². The Balaban J connectivity index is 1.71. The van der Waals surface area contributed by atoms with Gasteiger partial charge in [-0.3, -0.25) is 4.79 Å². The average molecular weight is 304 g/mol. The molecule has 1 aliphatic rings. The number of hydrogen-bond acceptors (Lipinski definition) is 1. The van der Waals surface area contributed by atoms with Crippen molar-refractivity contribution in [3.05, 3.63) is 65.4 Å². The molecule has 3 nitrogen and oxygen atoms in total. The number of benzene rings is 2. The van der Waals surface area contributed by atoms with E-state index in [1.165, 1.54) is 16.5 Å². The Morgan fingerprint density at radius 2 is 1.96 bits per heavy atom. The summed E-state index contributed by atoms with van der Waals surface area (Å²) in [5.74, 6) is 0.119. The fourth-order valence-corrected chi connectivity index (χ4v) is 3.44. The van der Waals surface area contributed by atoms with Gasteiger partial charge in [-0.25, -0.2) is 0 Å². The highest BCUT2D eigenvalue weighted by atomic mass is 16.2. The van der Waals surface area contributed by atoms with Crippen molar-refractivity contribution in [3.63, 3.8) is 0 Å². The van der Waals surface area contributed by atoms with Crippen molar-refractivity contribution in [3.8, 4) is 0 Å². The first-order valence-electron chi connectivity index (χ1n) is 8.16. The van der Waals surface area contributed by atoms with Gasteiger partial charge in [-0.2, -0.15) is 0 Å². The summed E-state index contributed by atoms with van der Waals surface area (Å²) in [6.45, 7) is 2.83. The normalized spacial score (nSPS) is 13.8. The lowest BCUT2D eigenvalue weighted by molar-refractivity contribution is 0.0996. The van der Waals surface area contributed by atoms with E-state index in [0.717, 1.165) is 29.7 Å². The second kappa shape index (κ2) is 5.27. The molecule has 0 radical (unpaired) electrons. The van der Waals surface area contributed by atoms with E-state index in [1.807, 2.05) is 24.2 Å². The molecular weight excluding hydrogens is 284 g/mol. The summed E-state index contributed by atoms with van der Waals surface area (Å²) in [6, 6.07) is 14.7. The van der Waals surface area contributed by atoms with Crippen LogP contribution in [0.5, 0.6) is 0 Å². The van der Waals surface area contributed by atoms with Crippen LogP contribution in [0.3, 0.4) is 0 Å². The smallest absolute Gasteiger partial charge is 0.258 e. The van der Waals surface area contributed by atoms with Crippen molar-refractivity contribution in [2.24, 2.45) is 7.05 Å². The largest absolute Gasteiger partial charge is 0.351 e. The Morgan fingerprint density at radius 3 is 2.78 bits per heavy atom. The highest BCUT2D eigenvalue weighted by molar-refractivity contribution is 6.10. The number of fused-ring (bicyclic) bond motifs is 2. The van der Waals surface area contributed by atoms with Gasteiger partial charge in [-0.15, -0.1) is 0 Å². The number of carbonyl (C=O) groups excluding carboxylic acids is 1. The van der Waals surface area contributed by atoms with E-state index in [4.69, 9.17) is 0 Å². The number of hydrogen-bond donors (Lipinski definition) is 0. The third-order valence-corrected chi connectivity index (χ3v) is 4.70. The zero-order valence-electron chi connectivity index (χ0n) is 13.5. The molecule has 0 saturated carbocycles. The molecule has 2 heterocycles. The van der Waals surface area contributed by atoms with Gasteiger partial charge in [0.2, 0.25) is 0 Å². The maximum Gasteiger partial charge on any atom is 0.258 e. The number of rotatable bonds is 3. The minimum absolute atomic E-state index is 0.119. The zero-order valence-corrected chi connectivity index (χ0v) is 13.5. The van der Waals surface area contributed by atoms with Crippen LogP contribution in [0.4, 0.5) is 5.69 Å². The van der Waals surface area contributed by atoms with Gasteiger partial charge in [-0.1, -0.05) is 25.5 Å². The molecule has 1 amide bonds. The molecule has 0 unspecified atom stereocenters. The summed E-state index contributed by atoms with van der Waals surface area (Å²) in [5, 5.41) is 1.17. The number of carbonyl (C=O) groups is 1. The lowest BCUT2D eigenvalue weighted by atomic mass is 10.0. The lowest BCUT2D eigenvalue weighted by Gasteiger charge is -2.16. The molecule has 0 fully saturated rings. The molecule has 0 bridgehead atoms. The van der Waals surface area contributed by atoms with Crippen molar-refractivity contribution in [1.29, 1.82) is 0 Å². The van der Waals surface area contributed by atoms with Crippen molar-refractivity contribution < 1.29 is 4.79 Å². The lowest BCUT2D eigenvalue weighted by Crippen LogP contribution is -2.22. The van der Waals surface area contributed by atoms with Crippen molar-refractivity contribution in [1.82, 2.24) is 4.57 Å². The minimum atomic E-state index is 0.119. The quantitative estimate of drug-likeness (QED) is 0.708. The third-order valence-electron chi connectivity index (χ3n) is 4.70. The number of anilines is 1. The molecule has 0 aliphatic carbocycles. The van der Waals surface area contributed by atoms with Crippen LogP contribution in [0.25, 0.3) is 10.9 Å². The third kappa shape index (κ3) is 2.24. The standard InChI is InChI=1S/C20H20N2O/c1-3-4-14-5-6-16-13-22(20(23)18(16)11-14)17-7-8-19-15(12-17)9-10-21(19)2/h5-12H,3-4,13H2,1-2H3. The van der Waals surface area contributed by atoms with Crippen molar-refractivity contribution in [2.45, 2.75) is 26.3 Å². The number of aryl methyl sites for hydroxylation is 2. The van der Waals surface area contributed by atoms with Crippen LogP contribution in [0.1, 0.15) is 34.8 Å². The highest BCUT2D eigenvalue weighted by Crippen LogP contribution is 2.31. The first kappa shape index (κ1) is 14.1. The van der Waals surface area contributed by atoms with E-state index in [-0.39, 0.29) is 5.91 Å². The first-order chi connectivity index (χ1) is 11.2. The summed E-state index contributed by atoms with van der Waals surface area (Å²) >= 11 is 0. The Hall–Kier alpha value is -2.55. The van der Waals surface area contributed by atoms with Crippen molar-refractivity contribution >= 4 is 22.5 Å². The van der Waals surface area contributed by atoms with Gasteiger partial charge in [-0.05, 0) is 47.9 Å². The van der Waals surface area contributed by atoms with Gasteiger partial charge < -0.3 is 9.47 Å². The summed E-state index contributed by atoms with van der Waals surface area (Å²) in [7, 11) is 2.04. The van der Waals surface area contributed by atoms with E-state index >= 15 is 0 Å². The predicted octanol–water partition coefficient (Wildman–Crippen LogP) is 4.29. The molecule has 2 aromatic carbocycles. The monoisotopic (exact) mass is 304 g/mol. The number of nitrogens with zero attached hydrogens (tertiary/aromatic N) is 2. The van der Waals surface area contributed by atoms with Crippen LogP contribution in [0.2, 0.25) is 0 Å². The fraction of sp³-hybridized carbons (Fsp3) is 0.250. The molecule has 1 aliphatic heterocycles. The molecule has 0 spiro atoms. The van der Waals surface area contributed by atoms with Crippen LogP contribution >= 0.6 is 0 Å². The summed E-state index contributed by atoms with van der Waals surface area (Å²) in [6.07, 6.45) is 4.17. The molecule has 4 rings (SSSR count). The van der Waals surface area contributed by atoms with E-state index in [1.54, 1.807) is 0 Å². The van der Waals surface area contributed by atoms with Gasteiger partial charge in [0.25, 0.3) is 5.91 Å². The Labute approximate surface area is 136 Å². The number of aromatic nitrogens is 1. The Morgan fingerprint density at radius 1 is 1.09 bits per heavy atom. The van der Waals surface area contributed by atoms with E-state index in [2.05, 4.69) is 47.9 Å². The van der Waals surface area contributed by atoms with Gasteiger partial charge in [0, 0.05) is 35.4 Å². The zero-order chi connectivity index (χ0) is 16.0. The molecule has 0 saturated heterocycles. The molecule has 3 heteroatoms. The Bertz CT molecular complexity index is 907. The topological polar surface area (TPSA) is 25.2 Å². The fourth-order valence-electron chi connectivity index (χ4n) is 3.44. The maximum absolute atomic E-state index is 12.8. The second-order valence-electron chi connectivity index (χ2n) is 6.30. The molecular formula is C20H20N2O. The van der Waals surface area contributed by atoms with Crippen LogP contribution in [0.15, 0.2) is 48.7 Å².